The number of carbonyl (C=O) groups is 2. The Morgan fingerprint density at radius 2 is 1.76 bits per heavy atom. The average molecular weight is 461 g/mol. The number of hydrogen-bond donors (Lipinski definition) is 3. The van der Waals surface area contributed by atoms with Crippen molar-refractivity contribution in [2.75, 3.05) is 20.6 Å². The van der Waals surface area contributed by atoms with E-state index in [1.54, 1.807) is 6.07 Å². The topological polar surface area (TPSA) is 77.2 Å². The zero-order valence-electron chi connectivity index (χ0n) is 18.7. The first kappa shape index (κ1) is 22.8. The fourth-order valence-electron chi connectivity index (χ4n) is 3.96. The second-order valence-corrected chi connectivity index (χ2v) is 9.15. The van der Waals surface area contributed by atoms with Crippen LogP contribution in [0.3, 0.4) is 0 Å². The third-order valence-electron chi connectivity index (χ3n) is 5.74. The molecule has 7 heteroatoms. The molecule has 0 bridgehead atoms. The lowest BCUT2D eigenvalue weighted by molar-refractivity contribution is -0.123. The van der Waals surface area contributed by atoms with Crippen molar-refractivity contribution in [3.63, 3.8) is 0 Å². The highest BCUT2D eigenvalue weighted by molar-refractivity contribution is 7.12. The van der Waals surface area contributed by atoms with Gasteiger partial charge >= 0.3 is 0 Å². The monoisotopic (exact) mass is 460 g/mol. The number of fused-ring (bicyclic) bond motifs is 1. The maximum atomic E-state index is 13.3. The Morgan fingerprint density at radius 3 is 2.48 bits per heavy atom. The molecular weight excluding hydrogens is 432 g/mol. The van der Waals surface area contributed by atoms with Crippen LogP contribution in [0.25, 0.3) is 10.9 Å². The lowest BCUT2D eigenvalue weighted by Gasteiger charge is -2.26. The number of nitrogens with zero attached hydrogens (tertiary/aromatic N) is 1. The minimum Gasteiger partial charge on any atom is -0.361 e. The van der Waals surface area contributed by atoms with E-state index in [-0.39, 0.29) is 17.9 Å². The van der Waals surface area contributed by atoms with Crippen molar-refractivity contribution < 1.29 is 9.59 Å². The summed E-state index contributed by atoms with van der Waals surface area (Å²) >= 11 is 1.36. The molecule has 4 rings (SSSR count). The van der Waals surface area contributed by atoms with Crippen molar-refractivity contribution >= 4 is 34.1 Å². The number of aromatic amines is 1. The summed E-state index contributed by atoms with van der Waals surface area (Å²) in [5.41, 5.74) is 3.12. The van der Waals surface area contributed by atoms with Crippen molar-refractivity contribution in [1.82, 2.24) is 20.5 Å². The molecule has 0 aliphatic carbocycles. The van der Waals surface area contributed by atoms with Crippen molar-refractivity contribution in [1.29, 1.82) is 0 Å². The number of H-pyrrole nitrogens is 1. The quantitative estimate of drug-likeness (QED) is 0.353. The predicted molar refractivity (Wildman–Crippen MR) is 133 cm³/mol. The Kier molecular flexibility index (Phi) is 7.22. The highest BCUT2D eigenvalue weighted by Gasteiger charge is 2.25. The Morgan fingerprint density at radius 1 is 1.00 bits per heavy atom. The maximum Gasteiger partial charge on any atom is 0.262 e. The largest absolute Gasteiger partial charge is 0.361 e. The number of para-hydroxylation sites is 1. The van der Waals surface area contributed by atoms with Crippen LogP contribution in [0, 0.1) is 0 Å². The lowest BCUT2D eigenvalue weighted by atomic mass is 10.0. The summed E-state index contributed by atoms with van der Waals surface area (Å²) in [5.74, 6) is -0.440. The van der Waals surface area contributed by atoms with E-state index >= 15 is 0 Å². The summed E-state index contributed by atoms with van der Waals surface area (Å²) in [6, 6.07) is 21.0. The number of nitrogens with one attached hydrogen (secondary N) is 3. The molecule has 6 nitrogen and oxygen atoms in total. The summed E-state index contributed by atoms with van der Waals surface area (Å²) in [4.78, 5) is 32.0. The van der Waals surface area contributed by atoms with Crippen LogP contribution in [0.5, 0.6) is 0 Å². The molecule has 0 radical (unpaired) electrons. The smallest absolute Gasteiger partial charge is 0.262 e. The average Bonchev–Trinajstić information content (AvgIpc) is 3.50. The molecule has 0 aliphatic heterocycles. The lowest BCUT2D eigenvalue weighted by Crippen LogP contribution is -2.49. The van der Waals surface area contributed by atoms with Gasteiger partial charge < -0.3 is 20.5 Å². The number of likely N-dealkylation sites (N-methyl/N-ethyl adjacent to an activating group) is 1. The van der Waals surface area contributed by atoms with Gasteiger partial charge in [-0.2, -0.15) is 0 Å². The molecule has 170 valence electrons. The molecule has 0 spiro atoms. The first-order chi connectivity index (χ1) is 16.0. The summed E-state index contributed by atoms with van der Waals surface area (Å²) in [7, 11) is 3.98. The van der Waals surface area contributed by atoms with E-state index in [1.165, 1.54) is 11.3 Å². The van der Waals surface area contributed by atoms with E-state index < -0.39 is 6.04 Å². The molecule has 2 aromatic heterocycles. The molecule has 4 aromatic rings. The van der Waals surface area contributed by atoms with Crippen LogP contribution >= 0.6 is 11.3 Å². The van der Waals surface area contributed by atoms with E-state index in [0.29, 0.717) is 17.8 Å². The van der Waals surface area contributed by atoms with Crippen LogP contribution in [0.2, 0.25) is 0 Å². The number of hydrogen-bond acceptors (Lipinski definition) is 4. The third-order valence-corrected chi connectivity index (χ3v) is 6.61. The number of rotatable bonds is 9. The van der Waals surface area contributed by atoms with Gasteiger partial charge in [-0.25, -0.2) is 0 Å². The van der Waals surface area contributed by atoms with Gasteiger partial charge in [0.2, 0.25) is 5.91 Å². The SMILES string of the molecule is CN(C)C(CNC(=O)C(Cc1c[nH]c2ccccc12)NC(=O)c1cccs1)c1ccccc1. The number of thiophene rings is 1. The van der Waals surface area contributed by atoms with Gasteiger partial charge in [0, 0.05) is 30.1 Å². The first-order valence-electron chi connectivity index (χ1n) is 10.9. The maximum absolute atomic E-state index is 13.3. The Labute approximate surface area is 197 Å². The van der Waals surface area contributed by atoms with Crippen molar-refractivity contribution in [2.24, 2.45) is 0 Å². The van der Waals surface area contributed by atoms with Crippen LogP contribution in [-0.2, 0) is 11.2 Å². The standard InChI is InChI=1S/C26H28N4O2S/c1-30(2)23(18-9-4-3-5-10-18)17-28-25(31)22(29-26(32)24-13-8-14-33-24)15-19-16-27-21-12-7-6-11-20(19)21/h3-14,16,22-23,27H,15,17H2,1-2H3,(H,28,31)(H,29,32). The number of aromatic nitrogens is 1. The van der Waals surface area contributed by atoms with Gasteiger partial charge in [-0.1, -0.05) is 54.6 Å². The van der Waals surface area contributed by atoms with Gasteiger partial charge in [0.05, 0.1) is 10.9 Å². The Balaban J connectivity index is 1.52. The van der Waals surface area contributed by atoms with E-state index in [1.807, 2.05) is 74.2 Å². The van der Waals surface area contributed by atoms with Crippen molar-refractivity contribution in [3.05, 3.63) is 94.3 Å². The number of amides is 2. The van der Waals surface area contributed by atoms with E-state index in [9.17, 15) is 9.59 Å². The molecule has 2 atom stereocenters. The first-order valence-corrected chi connectivity index (χ1v) is 11.8. The van der Waals surface area contributed by atoms with Gasteiger partial charge in [0.25, 0.3) is 5.91 Å². The van der Waals surface area contributed by atoms with Crippen LogP contribution in [-0.4, -0.2) is 48.4 Å². The fourth-order valence-corrected chi connectivity index (χ4v) is 4.59. The van der Waals surface area contributed by atoms with E-state index in [2.05, 4.69) is 32.7 Å². The van der Waals surface area contributed by atoms with E-state index in [4.69, 9.17) is 0 Å². The molecule has 2 unspecified atom stereocenters. The van der Waals surface area contributed by atoms with Crippen LogP contribution in [0.15, 0.2) is 78.3 Å². The molecule has 2 amide bonds. The van der Waals surface area contributed by atoms with E-state index in [0.717, 1.165) is 22.0 Å². The normalized spacial score (nSPS) is 13.1. The Hall–Kier alpha value is -3.42. The molecular formula is C26H28N4O2S. The second-order valence-electron chi connectivity index (χ2n) is 8.20. The fraction of sp³-hybridized carbons (Fsp3) is 0.231. The van der Waals surface area contributed by atoms with Crippen LogP contribution < -0.4 is 10.6 Å². The van der Waals surface area contributed by atoms with Gasteiger partial charge in [0.15, 0.2) is 0 Å². The molecule has 0 saturated carbocycles. The summed E-state index contributed by atoms with van der Waals surface area (Å²) in [6.45, 7) is 0.440. The minimum absolute atomic E-state index is 0.0249. The van der Waals surface area contributed by atoms with Crippen molar-refractivity contribution in [2.45, 2.75) is 18.5 Å². The minimum atomic E-state index is -0.697. The second kappa shape index (κ2) is 10.5. The summed E-state index contributed by atoms with van der Waals surface area (Å²) in [5, 5.41) is 8.92. The van der Waals surface area contributed by atoms with Crippen molar-refractivity contribution in [3.8, 4) is 0 Å². The van der Waals surface area contributed by atoms with Gasteiger partial charge in [0.1, 0.15) is 6.04 Å². The molecule has 0 fully saturated rings. The number of benzene rings is 2. The molecule has 33 heavy (non-hydrogen) atoms. The summed E-state index contributed by atoms with van der Waals surface area (Å²) < 4.78 is 0. The molecule has 0 aliphatic rings. The Bertz CT molecular complexity index is 1200. The van der Waals surface area contributed by atoms with Crippen LogP contribution in [0.1, 0.15) is 26.8 Å². The van der Waals surface area contributed by atoms with Gasteiger partial charge in [-0.05, 0) is 42.7 Å². The van der Waals surface area contributed by atoms with Crippen LogP contribution in [0.4, 0.5) is 0 Å². The molecule has 3 N–H and O–H groups in total. The zero-order chi connectivity index (χ0) is 23.2. The number of carbonyl (C=O) groups excluding carboxylic acids is 2. The highest BCUT2D eigenvalue weighted by atomic mass is 32.1. The predicted octanol–water partition coefficient (Wildman–Crippen LogP) is 3.99. The zero-order valence-corrected chi connectivity index (χ0v) is 19.6. The molecule has 0 saturated heterocycles. The third kappa shape index (κ3) is 5.50. The molecule has 2 aromatic carbocycles. The van der Waals surface area contributed by atoms with Gasteiger partial charge in [-0.3, -0.25) is 9.59 Å². The molecule has 2 heterocycles. The van der Waals surface area contributed by atoms with Gasteiger partial charge in [-0.15, -0.1) is 11.3 Å². The highest BCUT2D eigenvalue weighted by Crippen LogP contribution is 2.20. The summed E-state index contributed by atoms with van der Waals surface area (Å²) in [6.07, 6.45) is 2.31.